The van der Waals surface area contributed by atoms with Crippen LogP contribution in [0.15, 0.2) is 73.1 Å². The number of unbranched alkanes of at least 4 members (excludes halogenated alkanes) is 18. The molecule has 0 spiro atoms. The molecule has 1 aromatic heterocycles. The van der Waals surface area contributed by atoms with Gasteiger partial charge in [0.1, 0.15) is 0 Å². The summed E-state index contributed by atoms with van der Waals surface area (Å²) in [7, 11) is 2.29. The highest BCUT2D eigenvalue weighted by Gasteiger charge is 2.51. The maximum Gasteiger partial charge on any atom is 0.169 e. The van der Waals surface area contributed by atoms with E-state index in [1.54, 1.807) is 0 Å². The average molecular weight is 745 g/mol. The first-order valence-corrected chi connectivity index (χ1v) is 23.2. The monoisotopic (exact) mass is 745 g/mol. The van der Waals surface area contributed by atoms with E-state index in [4.69, 9.17) is 9.47 Å². The number of likely N-dealkylation sites (N-methyl/N-ethyl adjacent to an activating group) is 1. The second kappa shape index (κ2) is 31.1. The third kappa shape index (κ3) is 21.3. The van der Waals surface area contributed by atoms with Crippen LogP contribution >= 0.6 is 0 Å². The Balaban J connectivity index is 1.31. The van der Waals surface area contributed by atoms with Crippen LogP contribution in [0, 0.1) is 0 Å². The summed E-state index contributed by atoms with van der Waals surface area (Å²) >= 11 is 0. The Morgan fingerprint density at radius 2 is 0.981 bits per heavy atom. The van der Waals surface area contributed by atoms with Crippen LogP contribution < -0.4 is 0 Å². The Hall–Kier alpha value is -2.01. The van der Waals surface area contributed by atoms with Gasteiger partial charge in [0.15, 0.2) is 5.79 Å². The number of pyridine rings is 1. The first-order valence-electron chi connectivity index (χ1n) is 23.2. The van der Waals surface area contributed by atoms with E-state index in [1.807, 2.05) is 12.4 Å². The lowest BCUT2D eigenvalue weighted by Crippen LogP contribution is -2.36. The molecule has 1 saturated heterocycles. The summed E-state index contributed by atoms with van der Waals surface area (Å²) in [5.74, 6) is -0.347. The van der Waals surface area contributed by atoms with Gasteiger partial charge in [0, 0.05) is 37.8 Å². The van der Waals surface area contributed by atoms with Crippen molar-refractivity contribution in [2.75, 3.05) is 13.6 Å². The number of ether oxygens (including phenoxy) is 2. The molecule has 2 aliphatic rings. The molecule has 0 N–H and O–H groups in total. The lowest BCUT2D eigenvalue weighted by Gasteiger charge is -2.32. The minimum Gasteiger partial charge on any atom is -0.344 e. The fourth-order valence-corrected chi connectivity index (χ4v) is 8.29. The fourth-order valence-electron chi connectivity index (χ4n) is 8.29. The van der Waals surface area contributed by atoms with Crippen molar-refractivity contribution in [3.05, 3.63) is 78.7 Å². The van der Waals surface area contributed by atoms with Gasteiger partial charge in [0.05, 0.1) is 12.2 Å². The van der Waals surface area contributed by atoms with Crippen LogP contribution in [0.25, 0.3) is 0 Å². The van der Waals surface area contributed by atoms with Crippen molar-refractivity contribution in [2.24, 2.45) is 0 Å². The van der Waals surface area contributed by atoms with Crippen LogP contribution in [0.3, 0.4) is 0 Å². The van der Waals surface area contributed by atoms with Crippen molar-refractivity contribution < 1.29 is 9.47 Å². The van der Waals surface area contributed by atoms with Crippen LogP contribution in [0.1, 0.15) is 199 Å². The van der Waals surface area contributed by atoms with Crippen molar-refractivity contribution in [1.82, 2.24) is 9.88 Å². The second-order valence-corrected chi connectivity index (χ2v) is 16.6. The molecule has 0 amide bonds. The lowest BCUT2D eigenvalue weighted by atomic mass is 9.98. The van der Waals surface area contributed by atoms with Crippen molar-refractivity contribution in [2.45, 2.75) is 224 Å². The zero-order valence-electron chi connectivity index (χ0n) is 35.6. The van der Waals surface area contributed by atoms with Gasteiger partial charge in [-0.05, 0) is 121 Å². The van der Waals surface area contributed by atoms with Gasteiger partial charge < -0.3 is 14.4 Å². The smallest absolute Gasteiger partial charge is 0.169 e. The van der Waals surface area contributed by atoms with Crippen LogP contribution in [0.5, 0.6) is 0 Å². The standard InChI is InChI=1S/C50H84N2O2/c1-4-6-8-10-12-14-16-18-20-22-24-26-28-30-32-34-39-50(40-35-33-31-29-27-25-23-21-19-17-15-13-11-9-7-5-2)53-48-44-47(45-49(48)54-50)52(3)43-38-46-36-41-51-42-37-46/h12-15,18-21,36-37,41-42,47-49H,4-11,16-17,22-35,38-40,43-45H2,1-3H3/b14-12-,15-13-,20-18-,21-19-/t47?,48-,49+. The highest BCUT2D eigenvalue weighted by Crippen LogP contribution is 2.44. The van der Waals surface area contributed by atoms with Crippen LogP contribution in [-0.4, -0.2) is 47.5 Å². The minimum atomic E-state index is -0.347. The van der Waals surface area contributed by atoms with E-state index in [0.717, 1.165) is 51.5 Å². The first-order chi connectivity index (χ1) is 26.7. The first kappa shape index (κ1) is 46.4. The Labute approximate surface area is 334 Å². The molecule has 0 aromatic carbocycles. The summed E-state index contributed by atoms with van der Waals surface area (Å²) in [5, 5.41) is 0. The molecule has 4 nitrogen and oxygen atoms in total. The van der Waals surface area contributed by atoms with Gasteiger partial charge in [-0.3, -0.25) is 4.98 Å². The van der Waals surface area contributed by atoms with Crippen molar-refractivity contribution >= 4 is 0 Å². The van der Waals surface area contributed by atoms with Gasteiger partial charge in [-0.2, -0.15) is 0 Å². The molecule has 2 fully saturated rings. The lowest BCUT2D eigenvalue weighted by molar-refractivity contribution is -0.193. The summed E-state index contributed by atoms with van der Waals surface area (Å²) in [5.41, 5.74) is 1.36. The van der Waals surface area contributed by atoms with E-state index in [0.29, 0.717) is 6.04 Å². The highest BCUT2D eigenvalue weighted by atomic mass is 16.8. The molecule has 1 aromatic rings. The Bertz CT molecular complexity index is 1060. The van der Waals surface area contributed by atoms with Gasteiger partial charge in [0.25, 0.3) is 0 Å². The number of aromatic nitrogens is 1. The normalized spacial score (nSPS) is 19.9. The number of hydrogen-bond acceptors (Lipinski definition) is 4. The molecule has 4 heteroatoms. The molecule has 1 saturated carbocycles. The molecule has 1 unspecified atom stereocenters. The van der Waals surface area contributed by atoms with Crippen LogP contribution in [0.4, 0.5) is 0 Å². The third-order valence-corrected chi connectivity index (χ3v) is 11.8. The van der Waals surface area contributed by atoms with E-state index >= 15 is 0 Å². The molecule has 306 valence electrons. The molecule has 3 atom stereocenters. The molecule has 1 aliphatic heterocycles. The van der Waals surface area contributed by atoms with Gasteiger partial charge in [-0.1, -0.05) is 140 Å². The van der Waals surface area contributed by atoms with E-state index < -0.39 is 0 Å². The summed E-state index contributed by atoms with van der Waals surface area (Å²) in [4.78, 5) is 6.72. The number of hydrogen-bond donors (Lipinski definition) is 0. The molecule has 0 radical (unpaired) electrons. The van der Waals surface area contributed by atoms with Gasteiger partial charge in [-0.15, -0.1) is 0 Å². The Kier molecular flexibility index (Phi) is 26.7. The predicted octanol–water partition coefficient (Wildman–Crippen LogP) is 14.6. The molecular weight excluding hydrogens is 661 g/mol. The summed E-state index contributed by atoms with van der Waals surface area (Å²) in [6.45, 7) is 5.61. The fraction of sp³-hybridized carbons (Fsp3) is 0.740. The maximum absolute atomic E-state index is 6.98. The zero-order valence-corrected chi connectivity index (χ0v) is 35.6. The molecule has 0 bridgehead atoms. The molecule has 1 aliphatic carbocycles. The van der Waals surface area contributed by atoms with Crippen molar-refractivity contribution in [1.29, 1.82) is 0 Å². The zero-order chi connectivity index (χ0) is 38.2. The molecule has 3 rings (SSSR count). The number of nitrogens with zero attached hydrogens (tertiary/aromatic N) is 2. The minimum absolute atomic E-state index is 0.257. The van der Waals surface area contributed by atoms with Gasteiger partial charge in [-0.25, -0.2) is 0 Å². The van der Waals surface area contributed by atoms with Crippen molar-refractivity contribution in [3.8, 4) is 0 Å². The number of rotatable bonds is 34. The molecule has 2 heterocycles. The number of fused-ring (bicyclic) bond motifs is 1. The molecule has 54 heavy (non-hydrogen) atoms. The van der Waals surface area contributed by atoms with E-state index in [9.17, 15) is 0 Å². The van der Waals surface area contributed by atoms with E-state index in [-0.39, 0.29) is 18.0 Å². The Morgan fingerprint density at radius 1 is 0.574 bits per heavy atom. The van der Waals surface area contributed by atoms with Crippen molar-refractivity contribution in [3.63, 3.8) is 0 Å². The quantitative estimate of drug-likeness (QED) is 0.0520. The van der Waals surface area contributed by atoms with E-state index in [1.165, 1.54) is 147 Å². The van der Waals surface area contributed by atoms with Gasteiger partial charge in [0.2, 0.25) is 0 Å². The summed E-state index contributed by atoms with van der Waals surface area (Å²) < 4.78 is 14.0. The van der Waals surface area contributed by atoms with E-state index in [2.05, 4.69) is 91.5 Å². The Morgan fingerprint density at radius 3 is 1.43 bits per heavy atom. The predicted molar refractivity (Wildman–Crippen MR) is 234 cm³/mol. The average Bonchev–Trinajstić information content (AvgIpc) is 3.74. The van der Waals surface area contributed by atoms with Crippen LogP contribution in [0.2, 0.25) is 0 Å². The summed E-state index contributed by atoms with van der Waals surface area (Å²) in [6.07, 6.45) is 59.5. The maximum atomic E-state index is 6.98. The largest absolute Gasteiger partial charge is 0.344 e. The SMILES string of the molecule is CCCCC/C=C\C/C=C\CCCCCCCCC1(CCCCCCCC/C=C\C/C=C\CCCCC)O[C@H]2CC(N(C)CCc3ccncc3)C[C@H]2O1. The summed E-state index contributed by atoms with van der Waals surface area (Å²) in [6, 6.07) is 4.82. The van der Waals surface area contributed by atoms with Gasteiger partial charge >= 0.3 is 0 Å². The van der Waals surface area contributed by atoms with Crippen LogP contribution in [-0.2, 0) is 15.9 Å². The topological polar surface area (TPSA) is 34.6 Å². The number of allylic oxidation sites excluding steroid dienone is 8. The third-order valence-electron chi connectivity index (χ3n) is 11.8. The second-order valence-electron chi connectivity index (χ2n) is 16.6. The molecular formula is C50H84N2O2. The highest BCUT2D eigenvalue weighted by molar-refractivity contribution is 5.10.